The topological polar surface area (TPSA) is 80.9 Å². The maximum Gasteiger partial charge on any atom is 0.336 e. The van der Waals surface area contributed by atoms with Crippen molar-refractivity contribution in [3.05, 3.63) is 81.2 Å². The van der Waals surface area contributed by atoms with Gasteiger partial charge in [0, 0.05) is 17.5 Å². The third kappa shape index (κ3) is 5.31. The van der Waals surface area contributed by atoms with E-state index in [-0.39, 0.29) is 6.61 Å². The molecular formula is C21H17ClN2O4. The minimum absolute atomic E-state index is 0.251. The summed E-state index contributed by atoms with van der Waals surface area (Å²) >= 11 is 6.05. The normalized spacial score (nSPS) is 11.7. The third-order valence-corrected chi connectivity index (χ3v) is 3.98. The quantitative estimate of drug-likeness (QED) is 0.389. The Bertz CT molecular complexity index is 1100. The highest BCUT2D eigenvalue weighted by atomic mass is 35.5. The van der Waals surface area contributed by atoms with Crippen LogP contribution in [0.4, 0.5) is 0 Å². The van der Waals surface area contributed by atoms with E-state index in [0.717, 1.165) is 16.5 Å². The molecule has 7 heteroatoms. The Balaban J connectivity index is 1.55. The Labute approximate surface area is 166 Å². The number of nitrogens with one attached hydrogen (secondary N) is 1. The van der Waals surface area contributed by atoms with Crippen molar-refractivity contribution in [1.29, 1.82) is 0 Å². The summed E-state index contributed by atoms with van der Waals surface area (Å²) in [6.45, 7) is 1.57. The van der Waals surface area contributed by atoms with Gasteiger partial charge in [-0.2, -0.15) is 5.10 Å². The summed E-state index contributed by atoms with van der Waals surface area (Å²) in [4.78, 5) is 23.3. The molecule has 0 saturated heterocycles. The van der Waals surface area contributed by atoms with Gasteiger partial charge in [-0.25, -0.2) is 10.2 Å². The van der Waals surface area contributed by atoms with Crippen LogP contribution in [0.3, 0.4) is 0 Å². The van der Waals surface area contributed by atoms with Crippen molar-refractivity contribution in [2.45, 2.75) is 6.92 Å². The van der Waals surface area contributed by atoms with Crippen molar-refractivity contribution in [2.24, 2.45) is 5.10 Å². The van der Waals surface area contributed by atoms with Gasteiger partial charge in [-0.05, 0) is 36.3 Å². The van der Waals surface area contributed by atoms with Crippen LogP contribution in [0.15, 0.2) is 73.9 Å². The van der Waals surface area contributed by atoms with E-state index in [2.05, 4.69) is 10.5 Å². The van der Waals surface area contributed by atoms with Gasteiger partial charge in [0.15, 0.2) is 6.61 Å². The molecular weight excluding hydrogens is 380 g/mol. The van der Waals surface area contributed by atoms with Crippen molar-refractivity contribution >= 4 is 40.8 Å². The minimum atomic E-state index is -0.453. The highest BCUT2D eigenvalue weighted by Crippen LogP contribution is 2.22. The largest absolute Gasteiger partial charge is 0.484 e. The molecule has 3 rings (SSSR count). The highest BCUT2D eigenvalue weighted by Gasteiger charge is 2.06. The fraction of sp³-hybridized carbons (Fsp3) is 0.0952. The van der Waals surface area contributed by atoms with E-state index in [1.807, 2.05) is 37.3 Å². The molecule has 1 heterocycles. The summed E-state index contributed by atoms with van der Waals surface area (Å²) in [5.74, 6) is -0.0476. The van der Waals surface area contributed by atoms with Gasteiger partial charge in [0.25, 0.3) is 5.91 Å². The lowest BCUT2D eigenvalue weighted by atomic mass is 10.1. The van der Waals surface area contributed by atoms with E-state index in [1.165, 1.54) is 12.3 Å². The summed E-state index contributed by atoms with van der Waals surface area (Å²) < 4.78 is 10.6. The van der Waals surface area contributed by atoms with Gasteiger partial charge >= 0.3 is 5.63 Å². The van der Waals surface area contributed by atoms with E-state index in [0.29, 0.717) is 16.4 Å². The van der Waals surface area contributed by atoms with Gasteiger partial charge in [-0.3, -0.25) is 4.79 Å². The SMILES string of the molecule is Cc1cc(=O)oc2cc(OCC(=O)N/N=C\C(Cl)=C\c3ccccc3)ccc12. The van der Waals surface area contributed by atoms with Crippen LogP contribution in [-0.4, -0.2) is 18.7 Å². The number of aryl methyl sites for hydroxylation is 1. The van der Waals surface area contributed by atoms with E-state index in [4.69, 9.17) is 20.8 Å². The molecule has 1 N–H and O–H groups in total. The lowest BCUT2D eigenvalue weighted by Crippen LogP contribution is -2.24. The predicted octanol–water partition coefficient (Wildman–Crippen LogP) is 3.86. The minimum Gasteiger partial charge on any atom is -0.484 e. The molecule has 3 aromatic rings. The molecule has 28 heavy (non-hydrogen) atoms. The predicted molar refractivity (Wildman–Crippen MR) is 110 cm³/mol. The van der Waals surface area contributed by atoms with Crippen molar-refractivity contribution in [3.63, 3.8) is 0 Å². The number of fused-ring (bicyclic) bond motifs is 1. The van der Waals surface area contributed by atoms with E-state index >= 15 is 0 Å². The number of hydrazone groups is 1. The van der Waals surface area contributed by atoms with Crippen LogP contribution in [0.2, 0.25) is 0 Å². The Hall–Kier alpha value is -3.38. The number of allylic oxidation sites excluding steroid dienone is 1. The Kier molecular flexibility index (Phi) is 6.24. The number of nitrogens with zero attached hydrogens (tertiary/aromatic N) is 1. The van der Waals surface area contributed by atoms with Gasteiger partial charge in [0.05, 0.1) is 11.2 Å². The molecule has 0 bridgehead atoms. The van der Waals surface area contributed by atoms with Gasteiger partial charge in [0.2, 0.25) is 0 Å². The van der Waals surface area contributed by atoms with Crippen LogP contribution in [0.25, 0.3) is 17.0 Å². The number of benzene rings is 2. The second-order valence-electron chi connectivity index (χ2n) is 5.93. The van der Waals surface area contributed by atoms with Crippen LogP contribution < -0.4 is 15.8 Å². The number of carbonyl (C=O) groups excluding carboxylic acids is 1. The molecule has 2 aromatic carbocycles. The average Bonchev–Trinajstić information content (AvgIpc) is 2.66. The second kappa shape index (κ2) is 9.01. The molecule has 1 aromatic heterocycles. The van der Waals surface area contributed by atoms with Crippen LogP contribution in [0.1, 0.15) is 11.1 Å². The molecule has 0 aliphatic carbocycles. The monoisotopic (exact) mass is 396 g/mol. The molecule has 0 atom stereocenters. The second-order valence-corrected chi connectivity index (χ2v) is 6.36. The number of ether oxygens (including phenoxy) is 1. The van der Waals surface area contributed by atoms with Crippen LogP contribution >= 0.6 is 11.6 Å². The van der Waals surface area contributed by atoms with Gasteiger partial charge < -0.3 is 9.15 Å². The van der Waals surface area contributed by atoms with Gasteiger partial charge in [0.1, 0.15) is 11.3 Å². The molecule has 142 valence electrons. The standard InChI is InChI=1S/C21H17ClN2O4/c1-14-9-21(26)28-19-11-17(7-8-18(14)19)27-13-20(25)24-23-12-16(22)10-15-5-3-2-4-6-15/h2-12H,13H2,1H3,(H,24,25)/b16-10-,23-12-. The summed E-state index contributed by atoms with van der Waals surface area (Å²) in [5, 5.41) is 4.96. The number of halogens is 1. The van der Waals surface area contributed by atoms with E-state index in [1.54, 1.807) is 24.3 Å². The van der Waals surface area contributed by atoms with E-state index in [9.17, 15) is 9.59 Å². The van der Waals surface area contributed by atoms with Gasteiger partial charge in [-0.1, -0.05) is 41.9 Å². The fourth-order valence-electron chi connectivity index (χ4n) is 2.49. The first-order valence-corrected chi connectivity index (χ1v) is 8.80. The zero-order valence-corrected chi connectivity index (χ0v) is 15.8. The first kappa shape index (κ1) is 19.4. The molecule has 0 radical (unpaired) electrons. The first-order valence-electron chi connectivity index (χ1n) is 8.43. The van der Waals surface area contributed by atoms with Gasteiger partial charge in [-0.15, -0.1) is 0 Å². The first-order chi connectivity index (χ1) is 13.5. The average molecular weight is 397 g/mol. The molecule has 1 amide bonds. The zero-order chi connectivity index (χ0) is 19.9. The summed E-state index contributed by atoms with van der Waals surface area (Å²) in [6, 6.07) is 16.0. The fourth-order valence-corrected chi connectivity index (χ4v) is 2.66. The number of rotatable bonds is 6. The van der Waals surface area contributed by atoms with Crippen molar-refractivity contribution in [1.82, 2.24) is 5.43 Å². The van der Waals surface area contributed by atoms with E-state index < -0.39 is 11.5 Å². The lowest BCUT2D eigenvalue weighted by molar-refractivity contribution is -0.123. The number of hydrogen-bond acceptors (Lipinski definition) is 5. The summed E-state index contributed by atoms with van der Waals surface area (Å²) in [6.07, 6.45) is 3.05. The Morgan fingerprint density at radius 2 is 2.00 bits per heavy atom. The zero-order valence-electron chi connectivity index (χ0n) is 15.0. The Morgan fingerprint density at radius 3 is 2.79 bits per heavy atom. The Morgan fingerprint density at radius 1 is 1.21 bits per heavy atom. The number of amides is 1. The van der Waals surface area contributed by atoms with Crippen molar-refractivity contribution < 1.29 is 13.9 Å². The third-order valence-electron chi connectivity index (χ3n) is 3.77. The molecule has 0 unspecified atom stereocenters. The summed E-state index contributed by atoms with van der Waals surface area (Å²) in [7, 11) is 0. The molecule has 0 fully saturated rings. The van der Waals surface area contributed by atoms with Crippen molar-refractivity contribution in [3.8, 4) is 5.75 Å². The number of hydrogen-bond donors (Lipinski definition) is 1. The maximum absolute atomic E-state index is 11.8. The lowest BCUT2D eigenvalue weighted by Gasteiger charge is -2.06. The molecule has 6 nitrogen and oxygen atoms in total. The van der Waals surface area contributed by atoms with Crippen LogP contribution in [0.5, 0.6) is 5.75 Å². The van der Waals surface area contributed by atoms with Crippen LogP contribution in [0, 0.1) is 6.92 Å². The summed E-state index contributed by atoms with van der Waals surface area (Å²) in [5.41, 5.74) is 4.03. The number of carbonyl (C=O) groups is 1. The van der Waals surface area contributed by atoms with Crippen LogP contribution in [-0.2, 0) is 4.79 Å². The molecule has 0 saturated carbocycles. The molecule has 0 aliphatic heterocycles. The maximum atomic E-state index is 11.8. The molecule has 0 spiro atoms. The molecule has 0 aliphatic rings. The smallest absolute Gasteiger partial charge is 0.336 e. The highest BCUT2D eigenvalue weighted by molar-refractivity contribution is 6.41. The van der Waals surface area contributed by atoms with Crippen molar-refractivity contribution in [2.75, 3.05) is 6.61 Å².